The molecule has 1 N–H and O–H groups in total. The maximum atomic E-state index is 12.9. The van der Waals surface area contributed by atoms with Gasteiger partial charge in [-0.05, 0) is 51.2 Å². The van der Waals surface area contributed by atoms with E-state index in [9.17, 15) is 13.2 Å². The third-order valence-electron chi connectivity index (χ3n) is 4.59. The first-order valence-corrected chi connectivity index (χ1v) is 9.01. The standard InChI is InChI=1S/C19H20ClF3N4/c1-27-10-7-15(8-11-27)25-26-18(16-12-24-9-6-17(16)20)13-2-4-14(5-3-13)19(21,22)23/h2-6,9,12,15,25H,7-8,10-11H2,1H3. The van der Waals surface area contributed by atoms with Gasteiger partial charge in [-0.2, -0.15) is 18.3 Å². The first kappa shape index (κ1) is 19.6. The van der Waals surface area contributed by atoms with Crippen LogP contribution in [-0.4, -0.2) is 41.8 Å². The van der Waals surface area contributed by atoms with Gasteiger partial charge in [-0.3, -0.25) is 4.98 Å². The Hall–Kier alpha value is -2.12. The predicted octanol–water partition coefficient (Wildman–Crippen LogP) is 4.19. The Morgan fingerprint density at radius 3 is 2.44 bits per heavy atom. The molecule has 1 aromatic heterocycles. The molecule has 0 bridgehead atoms. The summed E-state index contributed by atoms with van der Waals surface area (Å²) in [5.41, 5.74) is 4.04. The number of benzene rings is 1. The van der Waals surface area contributed by atoms with Crippen molar-refractivity contribution < 1.29 is 13.2 Å². The Labute approximate surface area is 161 Å². The highest BCUT2D eigenvalue weighted by Crippen LogP contribution is 2.30. The number of likely N-dealkylation sites (tertiary alicyclic amines) is 1. The van der Waals surface area contributed by atoms with Crippen molar-refractivity contribution in [2.45, 2.75) is 25.1 Å². The van der Waals surface area contributed by atoms with Crippen molar-refractivity contribution in [3.63, 3.8) is 0 Å². The van der Waals surface area contributed by atoms with Crippen molar-refractivity contribution in [2.24, 2.45) is 5.10 Å². The van der Waals surface area contributed by atoms with Crippen molar-refractivity contribution in [1.29, 1.82) is 0 Å². The van der Waals surface area contributed by atoms with E-state index in [-0.39, 0.29) is 6.04 Å². The first-order chi connectivity index (χ1) is 12.8. The van der Waals surface area contributed by atoms with Crippen LogP contribution >= 0.6 is 11.6 Å². The van der Waals surface area contributed by atoms with E-state index < -0.39 is 11.7 Å². The van der Waals surface area contributed by atoms with E-state index in [0.29, 0.717) is 21.9 Å². The minimum Gasteiger partial charge on any atom is -0.306 e. The first-order valence-electron chi connectivity index (χ1n) is 8.64. The van der Waals surface area contributed by atoms with Crippen LogP contribution < -0.4 is 5.43 Å². The van der Waals surface area contributed by atoms with Crippen LogP contribution in [0, 0.1) is 0 Å². The van der Waals surface area contributed by atoms with Crippen LogP contribution in [0.2, 0.25) is 5.02 Å². The molecular weight excluding hydrogens is 377 g/mol. The molecule has 27 heavy (non-hydrogen) atoms. The third-order valence-corrected chi connectivity index (χ3v) is 4.92. The fourth-order valence-electron chi connectivity index (χ4n) is 2.94. The number of piperidine rings is 1. The molecule has 0 aliphatic carbocycles. The van der Waals surface area contributed by atoms with Crippen LogP contribution in [-0.2, 0) is 6.18 Å². The van der Waals surface area contributed by atoms with Gasteiger partial charge in [-0.15, -0.1) is 0 Å². The number of halogens is 4. The molecule has 1 aromatic carbocycles. The van der Waals surface area contributed by atoms with Gasteiger partial charge in [0.1, 0.15) is 5.71 Å². The minimum absolute atomic E-state index is 0.209. The second kappa shape index (κ2) is 8.27. The summed E-state index contributed by atoms with van der Waals surface area (Å²) in [6.45, 7) is 1.94. The molecule has 0 atom stereocenters. The van der Waals surface area contributed by atoms with Crippen LogP contribution in [0.4, 0.5) is 13.2 Å². The smallest absolute Gasteiger partial charge is 0.306 e. The van der Waals surface area contributed by atoms with Gasteiger partial charge in [0, 0.05) is 29.6 Å². The van der Waals surface area contributed by atoms with Gasteiger partial charge in [-0.25, -0.2) is 0 Å². The number of aromatic nitrogens is 1. The Kier molecular flexibility index (Phi) is 6.01. The molecule has 2 aromatic rings. The highest BCUT2D eigenvalue weighted by Gasteiger charge is 2.30. The molecule has 4 nitrogen and oxygen atoms in total. The zero-order valence-corrected chi connectivity index (χ0v) is 15.6. The molecule has 8 heteroatoms. The van der Waals surface area contributed by atoms with Gasteiger partial charge in [0.25, 0.3) is 0 Å². The highest BCUT2D eigenvalue weighted by atomic mass is 35.5. The van der Waals surface area contributed by atoms with Crippen LogP contribution in [0.1, 0.15) is 29.5 Å². The Bertz CT molecular complexity index is 797. The van der Waals surface area contributed by atoms with Crippen molar-refractivity contribution in [1.82, 2.24) is 15.3 Å². The van der Waals surface area contributed by atoms with Gasteiger partial charge in [0.05, 0.1) is 10.6 Å². The van der Waals surface area contributed by atoms with E-state index in [1.165, 1.54) is 12.1 Å². The lowest BCUT2D eigenvalue weighted by molar-refractivity contribution is -0.137. The molecular formula is C19H20ClF3N4. The monoisotopic (exact) mass is 396 g/mol. The lowest BCUT2D eigenvalue weighted by Gasteiger charge is -2.28. The van der Waals surface area contributed by atoms with Gasteiger partial charge < -0.3 is 10.3 Å². The van der Waals surface area contributed by atoms with Crippen LogP contribution in [0.15, 0.2) is 47.8 Å². The number of hydrazone groups is 1. The second-order valence-electron chi connectivity index (χ2n) is 6.60. The zero-order valence-electron chi connectivity index (χ0n) is 14.8. The van der Waals surface area contributed by atoms with Gasteiger partial charge in [0.15, 0.2) is 0 Å². The summed E-state index contributed by atoms with van der Waals surface area (Å²) in [7, 11) is 2.07. The molecule has 0 saturated carbocycles. The molecule has 0 unspecified atom stereocenters. The Balaban J connectivity index is 1.90. The fourth-order valence-corrected chi connectivity index (χ4v) is 3.14. The molecule has 0 radical (unpaired) electrons. The summed E-state index contributed by atoms with van der Waals surface area (Å²) in [5.74, 6) is 0. The topological polar surface area (TPSA) is 40.5 Å². The maximum Gasteiger partial charge on any atom is 0.416 e. The molecule has 3 rings (SSSR count). The lowest BCUT2D eigenvalue weighted by atomic mass is 10.0. The molecule has 0 spiro atoms. The van der Waals surface area contributed by atoms with E-state index >= 15 is 0 Å². The highest BCUT2D eigenvalue weighted by molar-refractivity contribution is 6.35. The molecule has 1 aliphatic rings. The molecule has 1 aliphatic heterocycles. The molecule has 0 amide bonds. The quantitative estimate of drug-likeness (QED) is 0.622. The van der Waals surface area contributed by atoms with Crippen molar-refractivity contribution in [3.8, 4) is 0 Å². The van der Waals surface area contributed by atoms with E-state index in [1.54, 1.807) is 18.5 Å². The number of nitrogens with one attached hydrogen (secondary N) is 1. The van der Waals surface area contributed by atoms with Crippen LogP contribution in [0.3, 0.4) is 0 Å². The number of rotatable bonds is 4. The largest absolute Gasteiger partial charge is 0.416 e. The summed E-state index contributed by atoms with van der Waals surface area (Å²) >= 11 is 6.28. The number of hydrogen-bond donors (Lipinski definition) is 1. The van der Waals surface area contributed by atoms with Crippen molar-refractivity contribution in [3.05, 3.63) is 64.4 Å². The zero-order chi connectivity index (χ0) is 19.4. The average Bonchev–Trinajstić information content (AvgIpc) is 2.64. The van der Waals surface area contributed by atoms with Crippen LogP contribution in [0.25, 0.3) is 0 Å². The molecule has 144 valence electrons. The average molecular weight is 397 g/mol. The molecule has 2 heterocycles. The van der Waals surface area contributed by atoms with Crippen molar-refractivity contribution in [2.75, 3.05) is 20.1 Å². The maximum absolute atomic E-state index is 12.9. The number of alkyl halides is 3. The van der Waals surface area contributed by atoms with E-state index in [0.717, 1.165) is 38.1 Å². The van der Waals surface area contributed by atoms with Gasteiger partial charge in [-0.1, -0.05) is 23.7 Å². The fraction of sp³-hybridized carbons (Fsp3) is 0.368. The molecule has 1 saturated heterocycles. The van der Waals surface area contributed by atoms with Crippen LogP contribution in [0.5, 0.6) is 0 Å². The Morgan fingerprint density at radius 2 is 1.85 bits per heavy atom. The number of nitrogens with zero attached hydrogens (tertiary/aromatic N) is 3. The van der Waals surface area contributed by atoms with E-state index in [2.05, 4.69) is 27.5 Å². The number of hydrogen-bond acceptors (Lipinski definition) is 4. The van der Waals surface area contributed by atoms with Gasteiger partial charge in [0.2, 0.25) is 0 Å². The Morgan fingerprint density at radius 1 is 1.19 bits per heavy atom. The summed E-state index contributed by atoms with van der Waals surface area (Å²) in [5, 5.41) is 4.95. The summed E-state index contributed by atoms with van der Waals surface area (Å²) in [6.07, 6.45) is 0.631. The molecule has 1 fully saturated rings. The third kappa shape index (κ3) is 4.99. The normalized spacial score (nSPS) is 17.1. The minimum atomic E-state index is -4.38. The summed E-state index contributed by atoms with van der Waals surface area (Å²) < 4.78 is 38.6. The SMILES string of the molecule is CN1CCC(NN=C(c2ccc(C(F)(F)F)cc2)c2cnccc2Cl)CC1. The van der Waals surface area contributed by atoms with Gasteiger partial charge >= 0.3 is 6.18 Å². The second-order valence-corrected chi connectivity index (χ2v) is 7.00. The van der Waals surface area contributed by atoms with E-state index in [4.69, 9.17) is 11.6 Å². The van der Waals surface area contributed by atoms with Crippen molar-refractivity contribution >= 4 is 17.3 Å². The predicted molar refractivity (Wildman–Crippen MR) is 100.0 cm³/mol. The lowest BCUT2D eigenvalue weighted by Crippen LogP contribution is -2.39. The summed E-state index contributed by atoms with van der Waals surface area (Å²) in [6, 6.07) is 6.74. The number of pyridine rings is 1. The summed E-state index contributed by atoms with van der Waals surface area (Å²) in [4.78, 5) is 6.32. The van der Waals surface area contributed by atoms with E-state index in [1.807, 2.05) is 0 Å².